The van der Waals surface area contributed by atoms with Gasteiger partial charge in [0.15, 0.2) is 5.69 Å². The molecule has 1 aromatic heterocycles. The van der Waals surface area contributed by atoms with Crippen molar-refractivity contribution in [3.8, 4) is 0 Å². The Hall–Kier alpha value is -1.08. The van der Waals surface area contributed by atoms with E-state index in [4.69, 9.17) is 0 Å². The minimum absolute atomic E-state index is 0.0276. The lowest BCUT2D eigenvalue weighted by molar-refractivity contribution is 0.0728. The number of piperidine rings is 1. The Morgan fingerprint density at radius 1 is 1.33 bits per heavy atom. The molecular formula is C17H29N5OS. The van der Waals surface area contributed by atoms with Crippen LogP contribution in [0.4, 0.5) is 0 Å². The number of hydrogen-bond donors (Lipinski definition) is 1. The average molecular weight is 352 g/mol. The van der Waals surface area contributed by atoms with Gasteiger partial charge in [0, 0.05) is 18.3 Å². The molecule has 2 heterocycles. The van der Waals surface area contributed by atoms with Crippen molar-refractivity contribution in [1.29, 1.82) is 0 Å². The first-order valence-electron chi connectivity index (χ1n) is 9.13. The maximum Gasteiger partial charge on any atom is 0.276 e. The highest BCUT2D eigenvalue weighted by Crippen LogP contribution is 2.32. The molecule has 1 aliphatic carbocycles. The van der Waals surface area contributed by atoms with Gasteiger partial charge in [0.05, 0.1) is 11.7 Å². The number of carbonyl (C=O) groups is 1. The molecule has 0 radical (unpaired) electrons. The van der Waals surface area contributed by atoms with Crippen LogP contribution in [0.3, 0.4) is 0 Å². The summed E-state index contributed by atoms with van der Waals surface area (Å²) in [7, 11) is 1.93. The molecule has 3 rings (SSSR count). The van der Waals surface area contributed by atoms with Gasteiger partial charge < -0.3 is 10.2 Å². The van der Waals surface area contributed by atoms with E-state index in [0.29, 0.717) is 23.0 Å². The van der Waals surface area contributed by atoms with Crippen LogP contribution >= 0.6 is 11.8 Å². The highest BCUT2D eigenvalue weighted by Gasteiger charge is 2.32. The van der Waals surface area contributed by atoms with Gasteiger partial charge in [-0.25, -0.2) is 4.68 Å². The summed E-state index contributed by atoms with van der Waals surface area (Å²) in [5, 5.41) is 12.6. The van der Waals surface area contributed by atoms with Gasteiger partial charge in [-0.05, 0) is 57.9 Å². The van der Waals surface area contributed by atoms with Crippen LogP contribution in [0.1, 0.15) is 61.3 Å². The number of aromatic nitrogens is 3. The highest BCUT2D eigenvalue weighted by molar-refractivity contribution is 7.99. The van der Waals surface area contributed by atoms with Gasteiger partial charge in [-0.3, -0.25) is 4.79 Å². The van der Waals surface area contributed by atoms with Crippen molar-refractivity contribution in [1.82, 2.24) is 25.2 Å². The van der Waals surface area contributed by atoms with E-state index in [2.05, 4.69) is 22.6 Å². The summed E-state index contributed by atoms with van der Waals surface area (Å²) < 4.78 is 1.96. The Labute approximate surface area is 148 Å². The van der Waals surface area contributed by atoms with Gasteiger partial charge in [0.25, 0.3) is 5.91 Å². The summed E-state index contributed by atoms with van der Waals surface area (Å²) >= 11 is 2.02. The number of hydrogen-bond acceptors (Lipinski definition) is 5. The monoisotopic (exact) mass is 351 g/mol. The van der Waals surface area contributed by atoms with Crippen LogP contribution in [0.2, 0.25) is 0 Å². The van der Waals surface area contributed by atoms with Crippen LogP contribution in [0.25, 0.3) is 0 Å². The molecule has 2 unspecified atom stereocenters. The van der Waals surface area contributed by atoms with Crippen molar-refractivity contribution in [3.63, 3.8) is 0 Å². The van der Waals surface area contributed by atoms with Crippen LogP contribution in [-0.2, 0) is 0 Å². The standard InChI is InChI=1S/C17H29N5OS/c1-4-24-15-6-5-14(11-15)21(3)17(23)16-12(2)22(20-19-16)13-7-9-18-10-8-13/h13-15,18H,4-11H2,1-3H3. The van der Waals surface area contributed by atoms with Crippen molar-refractivity contribution in [3.05, 3.63) is 11.4 Å². The van der Waals surface area contributed by atoms with Crippen LogP contribution in [0, 0.1) is 6.92 Å². The van der Waals surface area contributed by atoms with Crippen molar-refractivity contribution >= 4 is 17.7 Å². The maximum absolute atomic E-state index is 12.9. The lowest BCUT2D eigenvalue weighted by Gasteiger charge is -2.25. The van der Waals surface area contributed by atoms with Crippen LogP contribution in [-0.4, -0.2) is 63.0 Å². The average Bonchev–Trinajstić information content (AvgIpc) is 3.21. The largest absolute Gasteiger partial charge is 0.337 e. The number of thioether (sulfide) groups is 1. The Morgan fingerprint density at radius 3 is 2.79 bits per heavy atom. The fourth-order valence-electron chi connectivity index (χ4n) is 3.93. The molecule has 1 aliphatic heterocycles. The third-order valence-electron chi connectivity index (χ3n) is 5.41. The molecule has 24 heavy (non-hydrogen) atoms. The van der Waals surface area contributed by atoms with Gasteiger partial charge in [-0.1, -0.05) is 12.1 Å². The molecule has 134 valence electrons. The summed E-state index contributed by atoms with van der Waals surface area (Å²) in [5.74, 6) is 1.18. The molecule has 0 spiro atoms. The maximum atomic E-state index is 12.9. The second kappa shape index (κ2) is 7.87. The first-order chi connectivity index (χ1) is 11.6. The quantitative estimate of drug-likeness (QED) is 0.881. The van der Waals surface area contributed by atoms with Crippen molar-refractivity contribution in [2.75, 3.05) is 25.9 Å². The third-order valence-corrected chi connectivity index (χ3v) is 6.64. The molecule has 0 bridgehead atoms. The fraction of sp³-hybridized carbons (Fsp3) is 0.824. The van der Waals surface area contributed by atoms with Crippen LogP contribution in [0.15, 0.2) is 0 Å². The summed E-state index contributed by atoms with van der Waals surface area (Å²) in [6.07, 6.45) is 5.50. The summed E-state index contributed by atoms with van der Waals surface area (Å²) in [4.78, 5) is 14.8. The lowest BCUT2D eigenvalue weighted by atomic mass is 10.1. The summed E-state index contributed by atoms with van der Waals surface area (Å²) in [5.41, 5.74) is 1.44. The van der Waals surface area contributed by atoms with E-state index >= 15 is 0 Å². The predicted molar refractivity (Wildman–Crippen MR) is 97.6 cm³/mol. The molecule has 1 amide bonds. The Bertz CT molecular complexity index is 569. The zero-order valence-corrected chi connectivity index (χ0v) is 15.8. The Balaban J connectivity index is 1.67. The topological polar surface area (TPSA) is 63.1 Å². The summed E-state index contributed by atoms with van der Waals surface area (Å²) in [6, 6.07) is 0.701. The molecule has 1 aromatic rings. The predicted octanol–water partition coefficient (Wildman–Crippen LogP) is 2.26. The lowest BCUT2D eigenvalue weighted by Crippen LogP contribution is -2.36. The third kappa shape index (κ3) is 3.61. The Morgan fingerprint density at radius 2 is 2.08 bits per heavy atom. The van der Waals surface area contributed by atoms with E-state index in [1.807, 2.05) is 35.3 Å². The highest BCUT2D eigenvalue weighted by atomic mass is 32.2. The molecule has 7 heteroatoms. The van der Waals surface area contributed by atoms with Gasteiger partial charge >= 0.3 is 0 Å². The van der Waals surface area contributed by atoms with Crippen LogP contribution < -0.4 is 5.32 Å². The first-order valence-corrected chi connectivity index (χ1v) is 10.2. The normalized spacial score (nSPS) is 25.1. The molecule has 6 nitrogen and oxygen atoms in total. The number of amides is 1. The zero-order valence-electron chi connectivity index (χ0n) is 15.0. The zero-order chi connectivity index (χ0) is 17.1. The molecule has 1 N–H and O–H groups in total. The molecular weight excluding hydrogens is 322 g/mol. The first kappa shape index (κ1) is 17.7. The molecule has 1 saturated carbocycles. The molecule has 2 fully saturated rings. The van der Waals surface area contributed by atoms with Crippen molar-refractivity contribution in [2.24, 2.45) is 0 Å². The SMILES string of the molecule is CCSC1CCC(N(C)C(=O)c2nnn(C3CCNCC3)c2C)C1. The van der Waals surface area contributed by atoms with E-state index in [0.717, 1.165) is 50.2 Å². The van der Waals surface area contributed by atoms with Crippen molar-refractivity contribution < 1.29 is 4.79 Å². The number of rotatable bonds is 5. The molecule has 1 saturated heterocycles. The van der Waals surface area contributed by atoms with E-state index in [1.165, 1.54) is 6.42 Å². The van der Waals surface area contributed by atoms with Gasteiger partial charge in [-0.15, -0.1) is 5.10 Å². The van der Waals surface area contributed by atoms with E-state index in [-0.39, 0.29) is 5.91 Å². The summed E-state index contributed by atoms with van der Waals surface area (Å²) in [6.45, 7) is 6.19. The smallest absolute Gasteiger partial charge is 0.276 e. The molecule has 0 aromatic carbocycles. The van der Waals surface area contributed by atoms with Crippen molar-refractivity contribution in [2.45, 2.75) is 63.3 Å². The van der Waals surface area contributed by atoms with Gasteiger partial charge in [0.2, 0.25) is 0 Å². The second-order valence-electron chi connectivity index (χ2n) is 6.91. The number of nitrogens with one attached hydrogen (secondary N) is 1. The van der Waals surface area contributed by atoms with E-state index < -0.39 is 0 Å². The fourth-order valence-corrected chi connectivity index (χ4v) is 5.06. The number of nitrogens with zero attached hydrogens (tertiary/aromatic N) is 4. The molecule has 2 atom stereocenters. The minimum atomic E-state index is 0.0276. The minimum Gasteiger partial charge on any atom is -0.337 e. The van der Waals surface area contributed by atoms with Crippen LogP contribution in [0.5, 0.6) is 0 Å². The van der Waals surface area contributed by atoms with E-state index in [1.54, 1.807) is 0 Å². The van der Waals surface area contributed by atoms with Gasteiger partial charge in [-0.2, -0.15) is 11.8 Å². The van der Waals surface area contributed by atoms with Gasteiger partial charge in [0.1, 0.15) is 0 Å². The molecule has 2 aliphatic rings. The number of carbonyl (C=O) groups excluding carboxylic acids is 1. The van der Waals surface area contributed by atoms with E-state index in [9.17, 15) is 4.79 Å². The second-order valence-corrected chi connectivity index (χ2v) is 8.49. The Kier molecular flexibility index (Phi) is 5.81.